The summed E-state index contributed by atoms with van der Waals surface area (Å²) in [5.41, 5.74) is 0.950. The molecule has 2 heterocycles. The Bertz CT molecular complexity index is 519. The number of nitrogens with one attached hydrogen (secondary N) is 1. The molecule has 1 N–H and O–H groups in total. The minimum Gasteiger partial charge on any atom is -0.289 e. The molecule has 1 aliphatic rings. The largest absolute Gasteiger partial charge is 0.347 e. The summed E-state index contributed by atoms with van der Waals surface area (Å²) in [5, 5.41) is 3.93. The first-order chi connectivity index (χ1) is 7.06. The Kier molecular flexibility index (Phi) is 2.26. The zero-order chi connectivity index (χ0) is 11.0. The Morgan fingerprint density at radius 3 is 2.93 bits per heavy atom. The fraction of sp³-hybridized carbons (Fsp3) is 0.364. The van der Waals surface area contributed by atoms with Crippen molar-refractivity contribution >= 4 is 18.4 Å². The van der Waals surface area contributed by atoms with Gasteiger partial charge < -0.3 is 0 Å². The van der Waals surface area contributed by atoms with Gasteiger partial charge in [-0.1, -0.05) is 20.4 Å². The summed E-state index contributed by atoms with van der Waals surface area (Å²) in [6.07, 6.45) is 0.881. The maximum Gasteiger partial charge on any atom is 0.347 e. The summed E-state index contributed by atoms with van der Waals surface area (Å²) in [5.74, 6) is 1.08. The van der Waals surface area contributed by atoms with Gasteiger partial charge in [0.25, 0.3) is 0 Å². The van der Waals surface area contributed by atoms with Crippen molar-refractivity contribution in [3.63, 3.8) is 0 Å². The van der Waals surface area contributed by atoms with Gasteiger partial charge in [-0.05, 0) is 23.6 Å². The Labute approximate surface area is 87.8 Å². The molecule has 2 rings (SSSR count). The highest BCUT2D eigenvalue weighted by Gasteiger charge is 2.14. The van der Waals surface area contributed by atoms with E-state index in [4.69, 9.17) is 0 Å². The van der Waals surface area contributed by atoms with Gasteiger partial charge >= 0.3 is 6.03 Å². The standard InChI is InChI=1S/C11H13N3O/c1-6(2)4-8-5-7(3)9-10(12-8)14-11(15)13-9/h5-6H,3-4H2,1-2H3,(H,12,14,15). The lowest BCUT2D eigenvalue weighted by Crippen LogP contribution is -2.25. The van der Waals surface area contributed by atoms with Crippen LogP contribution in [0.15, 0.2) is 11.1 Å². The third-order valence-corrected chi connectivity index (χ3v) is 2.18. The number of urea groups is 1. The number of pyridine rings is 1. The van der Waals surface area contributed by atoms with Crippen molar-refractivity contribution in [2.75, 3.05) is 5.32 Å². The van der Waals surface area contributed by atoms with Crippen LogP contribution < -0.4 is 15.9 Å². The second kappa shape index (κ2) is 3.46. The zero-order valence-electron chi connectivity index (χ0n) is 8.87. The van der Waals surface area contributed by atoms with Gasteiger partial charge in [-0.2, -0.15) is 4.99 Å². The van der Waals surface area contributed by atoms with E-state index in [1.807, 2.05) is 6.07 Å². The molecule has 0 saturated carbocycles. The number of carbonyl (C=O) groups excluding carboxylic acids is 1. The van der Waals surface area contributed by atoms with Crippen LogP contribution >= 0.6 is 0 Å². The predicted octanol–water partition coefficient (Wildman–Crippen LogP) is 0.855. The zero-order valence-corrected chi connectivity index (χ0v) is 8.87. The van der Waals surface area contributed by atoms with E-state index in [-0.39, 0.29) is 6.03 Å². The van der Waals surface area contributed by atoms with E-state index >= 15 is 0 Å². The van der Waals surface area contributed by atoms with Crippen LogP contribution in [0.4, 0.5) is 10.6 Å². The normalized spacial score (nSPS) is 13.7. The molecule has 0 aliphatic carbocycles. The van der Waals surface area contributed by atoms with E-state index in [1.54, 1.807) is 0 Å². The second-order valence-electron chi connectivity index (χ2n) is 4.11. The van der Waals surface area contributed by atoms with Gasteiger partial charge in [0.05, 0.1) is 0 Å². The van der Waals surface area contributed by atoms with Crippen molar-refractivity contribution in [2.45, 2.75) is 20.3 Å². The molecule has 1 aromatic rings. The number of nitrogens with zero attached hydrogens (tertiary/aromatic N) is 2. The van der Waals surface area contributed by atoms with Gasteiger partial charge in [0.15, 0.2) is 5.82 Å². The van der Waals surface area contributed by atoms with Crippen LogP contribution in [0, 0.1) is 5.92 Å². The quantitative estimate of drug-likeness (QED) is 0.775. The van der Waals surface area contributed by atoms with Gasteiger partial charge in [-0.25, -0.2) is 9.78 Å². The molecule has 0 fully saturated rings. The Hall–Kier alpha value is -1.71. The number of aromatic nitrogens is 1. The summed E-state index contributed by atoms with van der Waals surface area (Å²) in [7, 11) is 0. The number of rotatable bonds is 2. The van der Waals surface area contributed by atoms with Crippen LogP contribution in [0.3, 0.4) is 0 Å². The third kappa shape index (κ3) is 1.88. The van der Waals surface area contributed by atoms with Crippen LogP contribution in [-0.4, -0.2) is 11.0 Å². The molecule has 0 spiro atoms. The number of amides is 2. The maximum atomic E-state index is 11.0. The smallest absolute Gasteiger partial charge is 0.289 e. The highest BCUT2D eigenvalue weighted by molar-refractivity contribution is 5.92. The van der Waals surface area contributed by atoms with Crippen molar-refractivity contribution in [1.82, 2.24) is 4.98 Å². The fourth-order valence-corrected chi connectivity index (χ4v) is 1.62. The van der Waals surface area contributed by atoms with Gasteiger partial charge in [-0.3, -0.25) is 5.32 Å². The molecule has 0 aromatic carbocycles. The molecule has 0 unspecified atom stereocenters. The van der Waals surface area contributed by atoms with Crippen molar-refractivity contribution in [1.29, 1.82) is 0 Å². The number of fused-ring (bicyclic) bond motifs is 1. The minimum atomic E-state index is -0.357. The Morgan fingerprint density at radius 2 is 2.27 bits per heavy atom. The number of carbonyl (C=O) groups is 1. The van der Waals surface area contributed by atoms with E-state index in [2.05, 4.69) is 35.7 Å². The van der Waals surface area contributed by atoms with Crippen molar-refractivity contribution in [2.24, 2.45) is 10.9 Å². The SMILES string of the molecule is C=c1cc(CC(C)C)nc2c1=NC(=O)N2. The molecule has 78 valence electrons. The van der Waals surface area contributed by atoms with Crippen LogP contribution in [-0.2, 0) is 6.42 Å². The van der Waals surface area contributed by atoms with E-state index in [0.717, 1.165) is 17.3 Å². The first-order valence-corrected chi connectivity index (χ1v) is 4.95. The monoisotopic (exact) mass is 203 g/mol. The maximum absolute atomic E-state index is 11.0. The van der Waals surface area contributed by atoms with E-state index in [0.29, 0.717) is 17.1 Å². The minimum absolute atomic E-state index is 0.357. The molecule has 15 heavy (non-hydrogen) atoms. The third-order valence-electron chi connectivity index (χ3n) is 2.18. The summed E-state index contributed by atoms with van der Waals surface area (Å²) in [6, 6.07) is 1.53. The number of hydrogen-bond donors (Lipinski definition) is 1. The van der Waals surface area contributed by atoms with Crippen LogP contribution in [0.1, 0.15) is 19.5 Å². The van der Waals surface area contributed by atoms with Crippen molar-refractivity contribution in [3.05, 3.63) is 22.3 Å². The number of anilines is 1. The topological polar surface area (TPSA) is 54.4 Å². The molecule has 0 bridgehead atoms. The van der Waals surface area contributed by atoms with E-state index in [1.165, 1.54) is 0 Å². The average molecular weight is 203 g/mol. The molecular weight excluding hydrogens is 190 g/mol. The molecule has 0 atom stereocenters. The molecular formula is C11H13N3O. The molecule has 2 amide bonds. The Morgan fingerprint density at radius 1 is 1.53 bits per heavy atom. The molecule has 1 aromatic heterocycles. The lowest BCUT2D eigenvalue weighted by Gasteiger charge is -2.04. The summed E-state index contributed by atoms with van der Waals surface area (Å²) < 4.78 is 0. The second-order valence-corrected chi connectivity index (χ2v) is 4.11. The van der Waals surface area contributed by atoms with Crippen LogP contribution in [0.25, 0.3) is 6.58 Å². The first-order valence-electron chi connectivity index (χ1n) is 4.95. The van der Waals surface area contributed by atoms with Crippen LogP contribution in [0.5, 0.6) is 0 Å². The van der Waals surface area contributed by atoms with Gasteiger partial charge in [0.1, 0.15) is 5.36 Å². The lowest BCUT2D eigenvalue weighted by atomic mass is 10.1. The molecule has 0 saturated heterocycles. The van der Waals surface area contributed by atoms with Crippen molar-refractivity contribution in [3.8, 4) is 0 Å². The lowest BCUT2D eigenvalue weighted by molar-refractivity contribution is 0.260. The van der Waals surface area contributed by atoms with E-state index in [9.17, 15) is 4.79 Å². The van der Waals surface area contributed by atoms with Gasteiger partial charge in [0, 0.05) is 5.69 Å². The van der Waals surface area contributed by atoms with Gasteiger partial charge in [0.2, 0.25) is 0 Å². The Balaban J connectivity index is 2.49. The summed E-state index contributed by atoms with van der Waals surface area (Å²) in [6.45, 7) is 8.12. The molecule has 0 radical (unpaired) electrons. The molecule has 1 aliphatic heterocycles. The first kappa shape index (κ1) is 9.83. The van der Waals surface area contributed by atoms with E-state index < -0.39 is 0 Å². The number of hydrogen-bond acceptors (Lipinski definition) is 2. The fourth-order valence-electron chi connectivity index (χ4n) is 1.62. The molecule has 4 nitrogen and oxygen atoms in total. The summed E-state index contributed by atoms with van der Waals surface area (Å²) in [4.78, 5) is 19.2. The highest BCUT2D eigenvalue weighted by Crippen LogP contribution is 2.06. The summed E-state index contributed by atoms with van der Waals surface area (Å²) >= 11 is 0. The van der Waals surface area contributed by atoms with Crippen molar-refractivity contribution < 1.29 is 4.79 Å². The van der Waals surface area contributed by atoms with Crippen LogP contribution in [0.2, 0.25) is 0 Å². The van der Waals surface area contributed by atoms with Gasteiger partial charge in [-0.15, -0.1) is 0 Å². The highest BCUT2D eigenvalue weighted by atomic mass is 16.2. The average Bonchev–Trinajstić information content (AvgIpc) is 2.44. The molecule has 4 heteroatoms. The predicted molar refractivity (Wildman–Crippen MR) is 58.1 cm³/mol.